The summed E-state index contributed by atoms with van der Waals surface area (Å²) in [6.07, 6.45) is -2.82. The molecule has 3 rings (SSSR count). The molecule has 1 heterocycles. The predicted octanol–water partition coefficient (Wildman–Crippen LogP) is 4.37. The number of amides is 2. The number of halogens is 4. The number of nitrogens with one attached hydrogen (secondary N) is 1. The van der Waals surface area contributed by atoms with Gasteiger partial charge in [0.2, 0.25) is 5.91 Å². The van der Waals surface area contributed by atoms with E-state index in [0.717, 1.165) is 18.4 Å². The van der Waals surface area contributed by atoms with E-state index in [1.54, 1.807) is 13.8 Å². The van der Waals surface area contributed by atoms with Gasteiger partial charge in [-0.2, -0.15) is 13.2 Å². The number of sulfone groups is 1. The van der Waals surface area contributed by atoms with Gasteiger partial charge in [0.05, 0.1) is 16.5 Å². The lowest BCUT2D eigenvalue weighted by molar-refractivity contribution is -0.137. The first-order valence-corrected chi connectivity index (χ1v) is 12.9. The van der Waals surface area contributed by atoms with Gasteiger partial charge in [-0.15, -0.1) is 0 Å². The van der Waals surface area contributed by atoms with E-state index in [0.29, 0.717) is 18.9 Å². The molecule has 0 radical (unpaired) electrons. The van der Waals surface area contributed by atoms with Gasteiger partial charge in [0, 0.05) is 23.9 Å². The molecule has 0 bridgehead atoms. The van der Waals surface area contributed by atoms with Gasteiger partial charge in [-0.3, -0.25) is 9.59 Å². The molecule has 11 heteroatoms. The smallest absolute Gasteiger partial charge is 0.347 e. The number of hydrogen-bond donors (Lipinski definition) is 1. The van der Waals surface area contributed by atoms with Crippen molar-refractivity contribution in [2.45, 2.75) is 49.8 Å². The maximum atomic E-state index is 14.6. The fourth-order valence-corrected chi connectivity index (χ4v) is 4.78. The Morgan fingerprint density at radius 2 is 1.80 bits per heavy atom. The number of carbonyl (C=O) groups is 2. The minimum Gasteiger partial charge on any atom is -0.347 e. The molecule has 35 heavy (non-hydrogen) atoms. The van der Waals surface area contributed by atoms with E-state index in [2.05, 4.69) is 5.32 Å². The van der Waals surface area contributed by atoms with Crippen LogP contribution in [-0.4, -0.2) is 44.0 Å². The zero-order chi connectivity index (χ0) is 26.1. The van der Waals surface area contributed by atoms with Crippen LogP contribution in [-0.2, 0) is 20.8 Å². The van der Waals surface area contributed by atoms with Crippen LogP contribution in [0.25, 0.3) is 0 Å². The molecule has 1 saturated heterocycles. The highest BCUT2D eigenvalue weighted by atomic mass is 32.2. The summed E-state index contributed by atoms with van der Waals surface area (Å²) in [5.74, 6) is -2.53. The van der Waals surface area contributed by atoms with Gasteiger partial charge < -0.3 is 10.2 Å². The summed E-state index contributed by atoms with van der Waals surface area (Å²) in [6.45, 7) is 3.65. The maximum Gasteiger partial charge on any atom is 0.416 e. The highest BCUT2D eigenvalue weighted by Gasteiger charge is 2.37. The highest BCUT2D eigenvalue weighted by Crippen LogP contribution is 2.33. The average molecular weight is 515 g/mol. The van der Waals surface area contributed by atoms with Crippen molar-refractivity contribution in [1.29, 1.82) is 0 Å². The van der Waals surface area contributed by atoms with Crippen LogP contribution in [0.5, 0.6) is 0 Å². The average Bonchev–Trinajstić information content (AvgIpc) is 3.26. The monoisotopic (exact) mass is 514 g/mol. The number of alkyl halides is 3. The summed E-state index contributed by atoms with van der Waals surface area (Å²) in [6, 6.07) is 5.88. The number of rotatable bonds is 6. The molecule has 190 valence electrons. The molecule has 1 aliphatic heterocycles. The summed E-state index contributed by atoms with van der Waals surface area (Å²) < 4.78 is 77.0. The van der Waals surface area contributed by atoms with Crippen molar-refractivity contribution in [2.24, 2.45) is 5.92 Å². The van der Waals surface area contributed by atoms with Crippen LogP contribution in [0.4, 0.5) is 17.6 Å². The van der Waals surface area contributed by atoms with E-state index in [1.165, 1.54) is 29.2 Å². The molecule has 0 aliphatic carbocycles. The lowest BCUT2D eigenvalue weighted by Gasteiger charge is -2.29. The summed E-state index contributed by atoms with van der Waals surface area (Å²) in [7, 11) is -3.54. The molecule has 2 aromatic rings. The Bertz CT molecular complexity index is 1230. The van der Waals surface area contributed by atoms with Crippen molar-refractivity contribution in [2.75, 3.05) is 12.8 Å². The lowest BCUT2D eigenvalue weighted by Crippen LogP contribution is -2.47. The molecule has 6 nitrogen and oxygen atoms in total. The number of likely N-dealkylation sites (tertiary alicyclic amines) is 1. The second-order valence-corrected chi connectivity index (χ2v) is 10.9. The molecule has 1 unspecified atom stereocenters. The second kappa shape index (κ2) is 9.96. The van der Waals surface area contributed by atoms with Crippen LogP contribution in [0.2, 0.25) is 0 Å². The quantitative estimate of drug-likeness (QED) is 0.581. The first-order valence-electron chi connectivity index (χ1n) is 11.0. The van der Waals surface area contributed by atoms with Crippen molar-refractivity contribution < 1.29 is 35.6 Å². The molecule has 0 spiro atoms. The topological polar surface area (TPSA) is 83.6 Å². The zero-order valence-electron chi connectivity index (χ0n) is 19.4. The van der Waals surface area contributed by atoms with E-state index in [4.69, 9.17) is 0 Å². The molecule has 1 aliphatic rings. The van der Waals surface area contributed by atoms with E-state index in [1.807, 2.05) is 0 Å². The molecule has 0 saturated carbocycles. The standard InChI is InChI=1S/C24H26F4N2O4S/c1-14(2)21(18-10-9-16(13-19(18)25)24(26,27)28)29-22(31)20-8-5-11-30(20)23(32)15-6-4-7-17(12-15)35(3,33)34/h4,6-7,9-10,12-14,20-21H,5,8,11H2,1-3H3,(H,29,31)/t20-,21?/m1/s1. The lowest BCUT2D eigenvalue weighted by atomic mass is 9.94. The number of carbonyl (C=O) groups excluding carboxylic acids is 2. The number of hydrogen-bond acceptors (Lipinski definition) is 4. The third-order valence-corrected chi connectivity index (χ3v) is 7.06. The summed E-state index contributed by atoms with van der Waals surface area (Å²) in [5, 5.41) is 2.70. The van der Waals surface area contributed by atoms with Crippen LogP contribution < -0.4 is 5.32 Å². The van der Waals surface area contributed by atoms with Crippen molar-refractivity contribution in [1.82, 2.24) is 10.2 Å². The van der Waals surface area contributed by atoms with Crippen molar-refractivity contribution in [3.8, 4) is 0 Å². The van der Waals surface area contributed by atoms with Gasteiger partial charge in [-0.05, 0) is 49.1 Å². The fraction of sp³-hybridized carbons (Fsp3) is 0.417. The van der Waals surface area contributed by atoms with Crippen molar-refractivity contribution in [3.63, 3.8) is 0 Å². The summed E-state index contributed by atoms with van der Waals surface area (Å²) in [5.41, 5.74) is -1.10. The Labute approximate surface area is 201 Å². The third-order valence-electron chi connectivity index (χ3n) is 5.95. The van der Waals surface area contributed by atoms with Gasteiger partial charge in [-0.25, -0.2) is 12.8 Å². The van der Waals surface area contributed by atoms with Gasteiger partial charge >= 0.3 is 6.18 Å². The van der Waals surface area contributed by atoms with Crippen LogP contribution in [0, 0.1) is 11.7 Å². The Balaban J connectivity index is 1.83. The van der Waals surface area contributed by atoms with Crippen LogP contribution in [0.3, 0.4) is 0 Å². The Hall–Kier alpha value is -2.95. The van der Waals surface area contributed by atoms with Gasteiger partial charge in [-0.1, -0.05) is 26.0 Å². The molecule has 2 aromatic carbocycles. The van der Waals surface area contributed by atoms with E-state index < -0.39 is 51.3 Å². The third kappa shape index (κ3) is 6.01. The first kappa shape index (κ1) is 26.7. The predicted molar refractivity (Wildman–Crippen MR) is 121 cm³/mol. The molecule has 0 aromatic heterocycles. The molecule has 1 N–H and O–H groups in total. The Morgan fingerprint density at radius 3 is 2.37 bits per heavy atom. The highest BCUT2D eigenvalue weighted by molar-refractivity contribution is 7.90. The van der Waals surface area contributed by atoms with Gasteiger partial charge in [0.25, 0.3) is 5.91 Å². The summed E-state index contributed by atoms with van der Waals surface area (Å²) >= 11 is 0. The Morgan fingerprint density at radius 1 is 1.11 bits per heavy atom. The van der Waals surface area contributed by atoms with Crippen LogP contribution >= 0.6 is 0 Å². The largest absolute Gasteiger partial charge is 0.416 e. The Kier molecular flexibility index (Phi) is 7.59. The molecular weight excluding hydrogens is 488 g/mol. The summed E-state index contributed by atoms with van der Waals surface area (Å²) in [4.78, 5) is 27.5. The molecule has 2 amide bonds. The minimum absolute atomic E-state index is 0.0267. The molecular formula is C24H26F4N2O4S. The van der Waals surface area contributed by atoms with E-state index >= 15 is 0 Å². The van der Waals surface area contributed by atoms with E-state index in [-0.39, 0.29) is 28.5 Å². The fourth-order valence-electron chi connectivity index (χ4n) is 4.12. The zero-order valence-corrected chi connectivity index (χ0v) is 20.2. The molecule has 1 fully saturated rings. The number of nitrogens with zero attached hydrogens (tertiary/aromatic N) is 1. The second-order valence-electron chi connectivity index (χ2n) is 8.92. The van der Waals surface area contributed by atoms with Crippen LogP contribution in [0.15, 0.2) is 47.4 Å². The van der Waals surface area contributed by atoms with Crippen molar-refractivity contribution >= 4 is 21.7 Å². The SMILES string of the molecule is CC(C)C(NC(=O)[C@H]1CCCN1C(=O)c1cccc(S(C)(=O)=O)c1)c1ccc(C(F)(F)F)cc1F. The normalized spacial score (nSPS) is 17.5. The first-order chi connectivity index (χ1) is 16.2. The van der Waals surface area contributed by atoms with Crippen LogP contribution in [0.1, 0.15) is 54.2 Å². The van der Waals surface area contributed by atoms with Gasteiger partial charge in [0.1, 0.15) is 11.9 Å². The minimum atomic E-state index is -4.70. The maximum absolute atomic E-state index is 14.6. The van der Waals surface area contributed by atoms with E-state index in [9.17, 15) is 35.6 Å². The number of benzene rings is 2. The van der Waals surface area contributed by atoms with Crippen molar-refractivity contribution in [3.05, 3.63) is 65.0 Å². The van der Waals surface area contributed by atoms with Gasteiger partial charge in [0.15, 0.2) is 9.84 Å². The molecule has 2 atom stereocenters.